The molecule has 1 saturated heterocycles. The Labute approximate surface area is 107 Å². The van der Waals surface area contributed by atoms with E-state index in [0.29, 0.717) is 31.4 Å². The Bertz CT molecular complexity index is 395. The van der Waals surface area contributed by atoms with Crippen LogP contribution in [0.2, 0.25) is 0 Å². The first kappa shape index (κ1) is 13.1. The van der Waals surface area contributed by atoms with Crippen LogP contribution in [-0.4, -0.2) is 24.3 Å². The molecule has 2 heterocycles. The minimum Gasteiger partial charge on any atom is -0.381 e. The average Bonchev–Trinajstić information content (AvgIpc) is 2.95. The van der Waals surface area contributed by atoms with Crippen molar-refractivity contribution in [1.29, 1.82) is 0 Å². The maximum absolute atomic E-state index is 11.8. The molecule has 1 aliphatic rings. The van der Waals surface area contributed by atoms with Crippen molar-refractivity contribution in [2.24, 2.45) is 11.8 Å². The standard InChI is InChI=1S/C13H20N2O3/c1-9(2)5-11-6-12(18-15-11)7-14-13(16)10-3-4-17-8-10/h6,9-10H,3-5,7-8H2,1-2H3,(H,14,16)/t10-/m1/s1. The Hall–Kier alpha value is -1.36. The predicted molar refractivity (Wildman–Crippen MR) is 65.8 cm³/mol. The first-order chi connectivity index (χ1) is 8.65. The lowest BCUT2D eigenvalue weighted by Gasteiger charge is -2.06. The van der Waals surface area contributed by atoms with E-state index in [2.05, 4.69) is 24.3 Å². The molecule has 1 aliphatic heterocycles. The molecule has 18 heavy (non-hydrogen) atoms. The fourth-order valence-corrected chi connectivity index (χ4v) is 2.01. The Morgan fingerprint density at radius 1 is 1.61 bits per heavy atom. The van der Waals surface area contributed by atoms with Crippen molar-refractivity contribution in [1.82, 2.24) is 10.5 Å². The van der Waals surface area contributed by atoms with Crippen LogP contribution in [0.15, 0.2) is 10.6 Å². The fraction of sp³-hybridized carbons (Fsp3) is 0.692. The van der Waals surface area contributed by atoms with Gasteiger partial charge in [0, 0.05) is 12.7 Å². The molecule has 0 bridgehead atoms. The van der Waals surface area contributed by atoms with Gasteiger partial charge in [-0.1, -0.05) is 19.0 Å². The number of ether oxygens (including phenoxy) is 1. The van der Waals surface area contributed by atoms with E-state index in [1.165, 1.54) is 0 Å². The number of hydrogen-bond donors (Lipinski definition) is 1. The lowest BCUT2D eigenvalue weighted by atomic mass is 10.1. The van der Waals surface area contributed by atoms with Crippen molar-refractivity contribution in [3.63, 3.8) is 0 Å². The minimum absolute atomic E-state index is 0.0111. The highest BCUT2D eigenvalue weighted by atomic mass is 16.5. The van der Waals surface area contributed by atoms with Gasteiger partial charge in [0.25, 0.3) is 0 Å². The molecule has 5 nitrogen and oxygen atoms in total. The molecule has 1 fully saturated rings. The highest BCUT2D eigenvalue weighted by Gasteiger charge is 2.23. The van der Waals surface area contributed by atoms with Gasteiger partial charge in [-0.2, -0.15) is 0 Å². The second-order valence-corrected chi connectivity index (χ2v) is 5.16. The highest BCUT2D eigenvalue weighted by Crippen LogP contribution is 2.13. The molecule has 100 valence electrons. The molecular weight excluding hydrogens is 232 g/mol. The van der Waals surface area contributed by atoms with Gasteiger partial charge in [-0.05, 0) is 18.8 Å². The van der Waals surface area contributed by atoms with E-state index in [4.69, 9.17) is 9.26 Å². The summed E-state index contributed by atoms with van der Waals surface area (Å²) in [6, 6.07) is 1.91. The fourth-order valence-electron chi connectivity index (χ4n) is 2.01. The van der Waals surface area contributed by atoms with Gasteiger partial charge in [-0.15, -0.1) is 0 Å². The molecule has 0 unspecified atom stereocenters. The molecule has 1 atom stereocenters. The molecular formula is C13H20N2O3. The number of nitrogens with zero attached hydrogens (tertiary/aromatic N) is 1. The number of aromatic nitrogens is 1. The Kier molecular flexibility index (Phi) is 4.36. The van der Waals surface area contributed by atoms with Crippen molar-refractivity contribution < 1.29 is 14.1 Å². The van der Waals surface area contributed by atoms with Crippen molar-refractivity contribution in [3.05, 3.63) is 17.5 Å². The van der Waals surface area contributed by atoms with Gasteiger partial charge in [0.15, 0.2) is 5.76 Å². The topological polar surface area (TPSA) is 64.4 Å². The number of hydrogen-bond acceptors (Lipinski definition) is 4. The molecule has 1 aromatic rings. The van der Waals surface area contributed by atoms with Gasteiger partial charge in [0.1, 0.15) is 0 Å². The molecule has 2 rings (SSSR count). The van der Waals surface area contributed by atoms with E-state index in [9.17, 15) is 4.79 Å². The largest absolute Gasteiger partial charge is 0.381 e. The summed E-state index contributed by atoms with van der Waals surface area (Å²) in [6.07, 6.45) is 1.70. The van der Waals surface area contributed by atoms with Gasteiger partial charge in [0.2, 0.25) is 5.91 Å². The lowest BCUT2D eigenvalue weighted by molar-refractivity contribution is -0.125. The number of amides is 1. The van der Waals surface area contributed by atoms with Crippen LogP contribution in [0.4, 0.5) is 0 Å². The number of carbonyl (C=O) groups is 1. The smallest absolute Gasteiger partial charge is 0.225 e. The van der Waals surface area contributed by atoms with E-state index in [1.807, 2.05) is 6.07 Å². The van der Waals surface area contributed by atoms with Crippen molar-refractivity contribution >= 4 is 5.91 Å². The first-order valence-electron chi connectivity index (χ1n) is 6.45. The Morgan fingerprint density at radius 3 is 3.11 bits per heavy atom. The maximum atomic E-state index is 11.8. The summed E-state index contributed by atoms with van der Waals surface area (Å²) in [4.78, 5) is 11.8. The van der Waals surface area contributed by atoms with Crippen LogP contribution in [0, 0.1) is 11.8 Å². The SMILES string of the molecule is CC(C)Cc1cc(CNC(=O)[C@@H]2CCOC2)on1. The van der Waals surface area contributed by atoms with Crippen LogP contribution in [0.1, 0.15) is 31.7 Å². The Morgan fingerprint density at radius 2 is 2.44 bits per heavy atom. The second-order valence-electron chi connectivity index (χ2n) is 5.16. The first-order valence-corrected chi connectivity index (χ1v) is 6.45. The zero-order valence-corrected chi connectivity index (χ0v) is 10.9. The van der Waals surface area contributed by atoms with E-state index < -0.39 is 0 Å². The molecule has 1 aromatic heterocycles. The normalized spacial score (nSPS) is 19.4. The zero-order chi connectivity index (χ0) is 13.0. The van der Waals surface area contributed by atoms with Crippen molar-refractivity contribution in [3.8, 4) is 0 Å². The predicted octanol–water partition coefficient (Wildman–Crippen LogP) is 1.53. The summed E-state index contributed by atoms with van der Waals surface area (Å²) in [5, 5.41) is 6.84. The minimum atomic E-state index is -0.0111. The summed E-state index contributed by atoms with van der Waals surface area (Å²) in [7, 11) is 0. The van der Waals surface area contributed by atoms with Gasteiger partial charge < -0.3 is 14.6 Å². The van der Waals surface area contributed by atoms with Crippen LogP contribution in [0.25, 0.3) is 0 Å². The third kappa shape index (κ3) is 3.57. The van der Waals surface area contributed by atoms with Crippen LogP contribution < -0.4 is 5.32 Å². The van der Waals surface area contributed by atoms with Crippen LogP contribution in [-0.2, 0) is 22.5 Å². The van der Waals surface area contributed by atoms with E-state index in [1.54, 1.807) is 0 Å². The number of rotatable bonds is 5. The summed E-state index contributed by atoms with van der Waals surface area (Å²) in [6.45, 7) is 5.88. The third-order valence-corrected chi connectivity index (χ3v) is 2.96. The molecule has 0 saturated carbocycles. The highest BCUT2D eigenvalue weighted by molar-refractivity contribution is 5.78. The molecule has 0 aliphatic carbocycles. The van der Waals surface area contributed by atoms with Gasteiger partial charge >= 0.3 is 0 Å². The van der Waals surface area contributed by atoms with Gasteiger partial charge in [-0.3, -0.25) is 4.79 Å². The third-order valence-electron chi connectivity index (χ3n) is 2.96. The van der Waals surface area contributed by atoms with Crippen LogP contribution in [0.3, 0.4) is 0 Å². The molecule has 0 spiro atoms. The molecule has 0 aromatic carbocycles. The number of nitrogens with one attached hydrogen (secondary N) is 1. The monoisotopic (exact) mass is 252 g/mol. The quantitative estimate of drug-likeness (QED) is 0.863. The molecule has 1 N–H and O–H groups in total. The van der Waals surface area contributed by atoms with E-state index in [0.717, 1.165) is 18.5 Å². The van der Waals surface area contributed by atoms with Crippen molar-refractivity contribution in [2.45, 2.75) is 33.2 Å². The van der Waals surface area contributed by atoms with Gasteiger partial charge in [0.05, 0.1) is 24.8 Å². The maximum Gasteiger partial charge on any atom is 0.225 e. The Balaban J connectivity index is 1.79. The van der Waals surface area contributed by atoms with Crippen molar-refractivity contribution in [2.75, 3.05) is 13.2 Å². The summed E-state index contributed by atoms with van der Waals surface area (Å²) in [5.41, 5.74) is 0.943. The number of carbonyl (C=O) groups excluding carboxylic acids is 1. The van der Waals surface area contributed by atoms with E-state index in [-0.39, 0.29) is 11.8 Å². The van der Waals surface area contributed by atoms with Gasteiger partial charge in [-0.25, -0.2) is 0 Å². The van der Waals surface area contributed by atoms with Crippen LogP contribution >= 0.6 is 0 Å². The molecule has 5 heteroatoms. The summed E-state index contributed by atoms with van der Waals surface area (Å²) >= 11 is 0. The van der Waals surface area contributed by atoms with Crippen LogP contribution in [0.5, 0.6) is 0 Å². The molecule has 0 radical (unpaired) electrons. The second kappa shape index (κ2) is 6.00. The zero-order valence-electron chi connectivity index (χ0n) is 10.9. The lowest BCUT2D eigenvalue weighted by Crippen LogP contribution is -2.30. The summed E-state index contributed by atoms with van der Waals surface area (Å²) < 4.78 is 10.4. The average molecular weight is 252 g/mol. The molecule has 1 amide bonds. The van der Waals surface area contributed by atoms with E-state index >= 15 is 0 Å². The summed E-state index contributed by atoms with van der Waals surface area (Å²) in [5.74, 6) is 1.28.